The van der Waals surface area contributed by atoms with E-state index in [1.165, 1.54) is 16.8 Å². The summed E-state index contributed by atoms with van der Waals surface area (Å²) in [5.41, 5.74) is 2.03. The molecule has 28 heavy (non-hydrogen) atoms. The van der Waals surface area contributed by atoms with Crippen LogP contribution >= 0.6 is 0 Å². The topological polar surface area (TPSA) is 73.2 Å². The summed E-state index contributed by atoms with van der Waals surface area (Å²) in [4.78, 5) is 24.1. The van der Waals surface area contributed by atoms with Crippen LogP contribution in [0.4, 0.5) is 0 Å². The van der Waals surface area contributed by atoms with Crippen molar-refractivity contribution >= 4 is 5.91 Å². The van der Waals surface area contributed by atoms with Gasteiger partial charge in [0.25, 0.3) is 11.5 Å². The zero-order chi connectivity index (χ0) is 19.8. The van der Waals surface area contributed by atoms with Crippen LogP contribution in [0.3, 0.4) is 0 Å². The maximum absolute atomic E-state index is 12.4. The molecule has 0 saturated heterocycles. The van der Waals surface area contributed by atoms with Crippen molar-refractivity contribution < 1.29 is 9.53 Å². The van der Waals surface area contributed by atoms with Crippen LogP contribution in [-0.2, 0) is 19.7 Å². The molecule has 0 unspecified atom stereocenters. The molecule has 0 fully saturated rings. The third-order valence-corrected chi connectivity index (χ3v) is 4.13. The third kappa shape index (κ3) is 5.30. The van der Waals surface area contributed by atoms with Gasteiger partial charge in [-0.3, -0.25) is 9.59 Å². The molecule has 6 heteroatoms. The first-order valence-electron chi connectivity index (χ1n) is 9.27. The lowest BCUT2D eigenvalue weighted by Gasteiger charge is -2.10. The Bertz CT molecular complexity index is 984. The lowest BCUT2D eigenvalue weighted by Crippen LogP contribution is -2.29. The highest BCUT2D eigenvalue weighted by Gasteiger charge is 2.09. The van der Waals surface area contributed by atoms with E-state index in [1.807, 2.05) is 61.5 Å². The van der Waals surface area contributed by atoms with Gasteiger partial charge in [-0.1, -0.05) is 49.4 Å². The van der Waals surface area contributed by atoms with Gasteiger partial charge in [-0.25, -0.2) is 4.68 Å². The molecule has 0 aliphatic heterocycles. The molecule has 0 spiro atoms. The van der Waals surface area contributed by atoms with Crippen LogP contribution in [0.25, 0.3) is 0 Å². The molecule has 1 amide bonds. The van der Waals surface area contributed by atoms with Gasteiger partial charge in [-0.2, -0.15) is 5.10 Å². The summed E-state index contributed by atoms with van der Waals surface area (Å²) >= 11 is 0. The van der Waals surface area contributed by atoms with Crippen LogP contribution in [0.5, 0.6) is 5.75 Å². The van der Waals surface area contributed by atoms with E-state index in [-0.39, 0.29) is 17.2 Å². The van der Waals surface area contributed by atoms with Gasteiger partial charge in [-0.05, 0) is 35.7 Å². The van der Waals surface area contributed by atoms with E-state index in [0.29, 0.717) is 19.7 Å². The van der Waals surface area contributed by atoms with Gasteiger partial charge in [-0.15, -0.1) is 0 Å². The molecule has 1 aromatic heterocycles. The Labute approximate surface area is 163 Å². The van der Waals surface area contributed by atoms with Crippen molar-refractivity contribution in [2.45, 2.75) is 33.0 Å². The second kappa shape index (κ2) is 9.50. The number of hydrogen-bond donors (Lipinski definition) is 1. The van der Waals surface area contributed by atoms with Crippen LogP contribution in [-0.4, -0.2) is 15.7 Å². The highest BCUT2D eigenvalue weighted by Crippen LogP contribution is 2.15. The van der Waals surface area contributed by atoms with E-state index in [9.17, 15) is 9.59 Å². The summed E-state index contributed by atoms with van der Waals surface area (Å²) in [6.45, 7) is 3.27. The lowest BCUT2D eigenvalue weighted by molar-refractivity contribution is 0.0943. The van der Waals surface area contributed by atoms with Crippen LogP contribution in [0.15, 0.2) is 71.5 Å². The SMILES string of the molecule is CCCn1nc(C(=O)NCc2cccc(OCc3ccccc3)c2)ccc1=O. The second-order valence-electron chi connectivity index (χ2n) is 6.38. The van der Waals surface area contributed by atoms with Gasteiger partial charge in [0.2, 0.25) is 0 Å². The van der Waals surface area contributed by atoms with E-state index in [2.05, 4.69) is 10.4 Å². The molecular weight excluding hydrogens is 354 g/mol. The minimum Gasteiger partial charge on any atom is -0.489 e. The molecule has 0 atom stereocenters. The molecule has 144 valence electrons. The maximum Gasteiger partial charge on any atom is 0.271 e. The molecule has 0 aliphatic carbocycles. The quantitative estimate of drug-likeness (QED) is 0.654. The molecule has 1 N–H and O–H groups in total. The van der Waals surface area contributed by atoms with Crippen molar-refractivity contribution in [1.82, 2.24) is 15.1 Å². The van der Waals surface area contributed by atoms with Gasteiger partial charge < -0.3 is 10.1 Å². The normalized spacial score (nSPS) is 10.5. The van der Waals surface area contributed by atoms with E-state index in [1.54, 1.807) is 0 Å². The Hall–Kier alpha value is -3.41. The number of benzene rings is 2. The number of hydrogen-bond acceptors (Lipinski definition) is 4. The number of ether oxygens (including phenoxy) is 1. The average molecular weight is 377 g/mol. The highest BCUT2D eigenvalue weighted by atomic mass is 16.5. The Morgan fingerprint density at radius 1 is 1.04 bits per heavy atom. The predicted molar refractivity (Wildman–Crippen MR) is 107 cm³/mol. The standard InChI is InChI=1S/C22H23N3O3/c1-2-13-25-21(26)12-11-20(24-25)22(27)23-15-18-9-6-10-19(14-18)28-16-17-7-4-3-5-8-17/h3-12,14H,2,13,15-16H2,1H3,(H,23,27). The first-order valence-corrected chi connectivity index (χ1v) is 9.27. The summed E-state index contributed by atoms with van der Waals surface area (Å²) in [5, 5.41) is 6.95. The Balaban J connectivity index is 1.59. The summed E-state index contributed by atoms with van der Waals surface area (Å²) in [7, 11) is 0. The fraction of sp³-hybridized carbons (Fsp3) is 0.227. The molecule has 0 bridgehead atoms. The van der Waals surface area contributed by atoms with Crippen molar-refractivity contribution in [3.05, 3.63) is 93.9 Å². The minimum absolute atomic E-state index is 0.207. The number of amides is 1. The van der Waals surface area contributed by atoms with E-state index >= 15 is 0 Å². The highest BCUT2D eigenvalue weighted by molar-refractivity contribution is 5.91. The number of rotatable bonds is 8. The number of carbonyl (C=O) groups is 1. The first-order chi connectivity index (χ1) is 13.7. The van der Waals surface area contributed by atoms with Crippen LogP contribution in [0, 0.1) is 0 Å². The molecule has 0 radical (unpaired) electrons. The van der Waals surface area contributed by atoms with Gasteiger partial charge in [0, 0.05) is 19.2 Å². The zero-order valence-electron chi connectivity index (χ0n) is 15.8. The molecule has 2 aromatic carbocycles. The predicted octanol–water partition coefficient (Wildman–Crippen LogP) is 3.16. The van der Waals surface area contributed by atoms with E-state index in [4.69, 9.17) is 4.74 Å². The van der Waals surface area contributed by atoms with Crippen molar-refractivity contribution in [2.75, 3.05) is 0 Å². The molecular formula is C22H23N3O3. The number of carbonyl (C=O) groups excluding carboxylic acids is 1. The fourth-order valence-electron chi connectivity index (χ4n) is 2.70. The zero-order valence-corrected chi connectivity index (χ0v) is 15.8. The van der Waals surface area contributed by atoms with E-state index in [0.717, 1.165) is 23.3 Å². The third-order valence-electron chi connectivity index (χ3n) is 4.13. The van der Waals surface area contributed by atoms with Gasteiger partial charge in [0.05, 0.1) is 0 Å². The van der Waals surface area contributed by atoms with Gasteiger partial charge >= 0.3 is 0 Å². The summed E-state index contributed by atoms with van der Waals surface area (Å²) in [6.07, 6.45) is 0.772. The van der Waals surface area contributed by atoms with Gasteiger partial charge in [0.15, 0.2) is 0 Å². The van der Waals surface area contributed by atoms with Crippen LogP contribution in [0.2, 0.25) is 0 Å². The molecule has 3 rings (SSSR count). The molecule has 0 saturated carbocycles. The molecule has 0 aliphatic rings. The summed E-state index contributed by atoms with van der Waals surface area (Å²) in [6, 6.07) is 20.3. The van der Waals surface area contributed by atoms with Crippen LogP contribution < -0.4 is 15.6 Å². The van der Waals surface area contributed by atoms with E-state index < -0.39 is 0 Å². The summed E-state index contributed by atoms with van der Waals surface area (Å²) < 4.78 is 7.13. The Morgan fingerprint density at radius 2 is 1.82 bits per heavy atom. The van der Waals surface area contributed by atoms with Crippen molar-refractivity contribution in [3.8, 4) is 5.75 Å². The summed E-state index contributed by atoms with van der Waals surface area (Å²) in [5.74, 6) is 0.422. The smallest absolute Gasteiger partial charge is 0.271 e. The minimum atomic E-state index is -0.319. The molecule has 1 heterocycles. The molecule has 3 aromatic rings. The first kappa shape index (κ1) is 19.4. The van der Waals surface area contributed by atoms with Crippen molar-refractivity contribution in [2.24, 2.45) is 0 Å². The number of aryl methyl sites for hydroxylation is 1. The Kier molecular flexibility index (Phi) is 6.57. The Morgan fingerprint density at radius 3 is 2.61 bits per heavy atom. The van der Waals surface area contributed by atoms with Crippen LogP contribution in [0.1, 0.15) is 35.0 Å². The number of nitrogens with zero attached hydrogens (tertiary/aromatic N) is 2. The largest absolute Gasteiger partial charge is 0.489 e. The fourth-order valence-corrected chi connectivity index (χ4v) is 2.70. The average Bonchev–Trinajstić information content (AvgIpc) is 2.73. The number of aromatic nitrogens is 2. The van der Waals surface area contributed by atoms with Crippen molar-refractivity contribution in [1.29, 1.82) is 0 Å². The lowest BCUT2D eigenvalue weighted by atomic mass is 10.2. The van der Waals surface area contributed by atoms with Gasteiger partial charge in [0.1, 0.15) is 18.1 Å². The van der Waals surface area contributed by atoms with Crippen molar-refractivity contribution in [3.63, 3.8) is 0 Å². The number of nitrogens with one attached hydrogen (secondary N) is 1. The monoisotopic (exact) mass is 377 g/mol. The molecule has 6 nitrogen and oxygen atoms in total. The maximum atomic E-state index is 12.4. The second-order valence-corrected chi connectivity index (χ2v) is 6.38.